The highest BCUT2D eigenvalue weighted by Crippen LogP contribution is 2.26. The zero-order chi connectivity index (χ0) is 15.1. The number of carboxylic acids is 1. The van der Waals surface area contributed by atoms with Crippen molar-refractivity contribution in [3.05, 3.63) is 29.6 Å². The number of ether oxygens (including phenoxy) is 3. The molecule has 1 aromatic carbocycles. The largest absolute Gasteiger partial charge is 0.496 e. The quantitative estimate of drug-likeness (QED) is 0.699. The first-order valence-electron chi connectivity index (χ1n) is 5.88. The van der Waals surface area contributed by atoms with Crippen molar-refractivity contribution < 1.29 is 28.5 Å². The van der Waals surface area contributed by atoms with Crippen LogP contribution in [0.25, 0.3) is 0 Å². The normalized spacial score (nSPS) is 12.4. The Labute approximate surface area is 116 Å². The van der Waals surface area contributed by atoms with E-state index in [-0.39, 0.29) is 17.9 Å². The van der Waals surface area contributed by atoms with Gasteiger partial charge in [-0.2, -0.15) is 0 Å². The molecule has 0 radical (unpaired) electrons. The molecule has 0 aliphatic carbocycles. The molecule has 0 bridgehead atoms. The number of rotatable bonds is 8. The van der Waals surface area contributed by atoms with E-state index in [2.05, 4.69) is 5.32 Å². The average molecular weight is 287 g/mol. The van der Waals surface area contributed by atoms with E-state index in [1.54, 1.807) is 0 Å². The second-order valence-corrected chi connectivity index (χ2v) is 3.97. The Kier molecular flexibility index (Phi) is 6.37. The minimum absolute atomic E-state index is 0.129. The van der Waals surface area contributed by atoms with E-state index in [1.807, 2.05) is 0 Å². The number of hydrogen-bond donors (Lipinski definition) is 2. The van der Waals surface area contributed by atoms with Crippen molar-refractivity contribution in [3.63, 3.8) is 0 Å². The molecule has 112 valence electrons. The van der Waals surface area contributed by atoms with Gasteiger partial charge in [0.15, 0.2) is 6.29 Å². The average Bonchev–Trinajstić information content (AvgIpc) is 2.43. The summed E-state index contributed by atoms with van der Waals surface area (Å²) in [5.41, 5.74) is 0.200. The van der Waals surface area contributed by atoms with Gasteiger partial charge >= 0.3 is 5.97 Å². The highest BCUT2D eigenvalue weighted by atomic mass is 19.1. The lowest BCUT2D eigenvalue weighted by Gasteiger charge is -2.20. The lowest BCUT2D eigenvalue weighted by molar-refractivity contribution is -0.141. The molecule has 20 heavy (non-hydrogen) atoms. The van der Waals surface area contributed by atoms with E-state index >= 15 is 0 Å². The summed E-state index contributed by atoms with van der Waals surface area (Å²) >= 11 is 0. The van der Waals surface area contributed by atoms with Gasteiger partial charge in [0.1, 0.15) is 17.6 Å². The van der Waals surface area contributed by atoms with Crippen LogP contribution in [0, 0.1) is 5.82 Å². The molecule has 0 aliphatic heterocycles. The third-order valence-corrected chi connectivity index (χ3v) is 2.76. The van der Waals surface area contributed by atoms with Crippen LogP contribution in [0.3, 0.4) is 0 Å². The summed E-state index contributed by atoms with van der Waals surface area (Å²) in [6.07, 6.45) is -0.601. The van der Waals surface area contributed by atoms with E-state index < -0.39 is 24.1 Å². The molecule has 1 aromatic rings. The molecule has 0 aliphatic rings. The zero-order valence-electron chi connectivity index (χ0n) is 11.6. The van der Waals surface area contributed by atoms with Gasteiger partial charge in [-0.15, -0.1) is 0 Å². The molecule has 0 heterocycles. The number of benzene rings is 1. The molecule has 1 unspecified atom stereocenters. The molecule has 2 N–H and O–H groups in total. The van der Waals surface area contributed by atoms with Crippen LogP contribution in [-0.4, -0.2) is 45.2 Å². The van der Waals surface area contributed by atoms with Gasteiger partial charge in [0.25, 0.3) is 0 Å². The van der Waals surface area contributed by atoms with Crippen molar-refractivity contribution in [1.82, 2.24) is 5.32 Å². The maximum absolute atomic E-state index is 13.3. The van der Waals surface area contributed by atoms with E-state index in [9.17, 15) is 14.3 Å². The minimum atomic E-state index is -1.15. The summed E-state index contributed by atoms with van der Waals surface area (Å²) in [5.74, 6) is -1.40. The van der Waals surface area contributed by atoms with Crippen LogP contribution in [0.2, 0.25) is 0 Å². The summed E-state index contributed by atoms with van der Waals surface area (Å²) in [5, 5.41) is 12.0. The number of carboxylic acid groups (broad SMARTS) is 1. The number of hydrogen-bond acceptors (Lipinski definition) is 5. The number of methoxy groups -OCH3 is 3. The molecule has 0 aromatic heterocycles. The van der Waals surface area contributed by atoms with Crippen molar-refractivity contribution >= 4 is 5.97 Å². The number of aliphatic carboxylic acids is 1. The maximum Gasteiger partial charge on any atom is 0.325 e. The first kappa shape index (κ1) is 16.4. The van der Waals surface area contributed by atoms with E-state index in [0.29, 0.717) is 0 Å². The van der Waals surface area contributed by atoms with Gasteiger partial charge in [0, 0.05) is 26.3 Å². The van der Waals surface area contributed by atoms with Gasteiger partial charge in [-0.25, -0.2) is 4.39 Å². The van der Waals surface area contributed by atoms with Crippen LogP contribution in [0.4, 0.5) is 4.39 Å². The van der Waals surface area contributed by atoms with Crippen molar-refractivity contribution in [2.45, 2.75) is 12.3 Å². The monoisotopic (exact) mass is 287 g/mol. The maximum atomic E-state index is 13.3. The Morgan fingerprint density at radius 2 is 2.00 bits per heavy atom. The predicted octanol–water partition coefficient (Wildman–Crippen LogP) is 1.17. The fraction of sp³-hybridized carbons (Fsp3) is 0.462. The highest BCUT2D eigenvalue weighted by molar-refractivity contribution is 5.76. The molecule has 1 rings (SSSR count). The first-order chi connectivity index (χ1) is 9.53. The van der Waals surface area contributed by atoms with Gasteiger partial charge in [-0.05, 0) is 18.2 Å². The number of halogens is 1. The first-order valence-corrected chi connectivity index (χ1v) is 5.88. The second kappa shape index (κ2) is 7.78. The van der Waals surface area contributed by atoms with Crippen molar-refractivity contribution in [3.8, 4) is 5.75 Å². The molecular weight excluding hydrogens is 269 g/mol. The number of nitrogens with one attached hydrogen (secondary N) is 1. The molecule has 0 fully saturated rings. The Bertz CT molecular complexity index is 450. The van der Waals surface area contributed by atoms with E-state index in [1.165, 1.54) is 33.5 Å². The van der Waals surface area contributed by atoms with Crippen LogP contribution in [0.15, 0.2) is 18.2 Å². The molecule has 0 saturated carbocycles. The Balaban J connectivity index is 2.96. The van der Waals surface area contributed by atoms with Crippen molar-refractivity contribution in [1.29, 1.82) is 0 Å². The minimum Gasteiger partial charge on any atom is -0.496 e. The van der Waals surface area contributed by atoms with Gasteiger partial charge in [0.05, 0.1) is 7.11 Å². The predicted molar refractivity (Wildman–Crippen MR) is 69.1 cm³/mol. The Morgan fingerprint density at radius 1 is 1.35 bits per heavy atom. The van der Waals surface area contributed by atoms with Gasteiger partial charge in [-0.3, -0.25) is 10.1 Å². The standard InChI is InChI=1S/C13H18FNO5/c1-18-10-5-4-8(14)6-9(10)12(13(16)17)15-7-11(19-2)20-3/h4-6,11-12,15H,7H2,1-3H3,(H,16,17). The topological polar surface area (TPSA) is 77.0 Å². The van der Waals surface area contributed by atoms with Gasteiger partial charge in [0.2, 0.25) is 0 Å². The SMILES string of the molecule is COc1ccc(F)cc1C(NCC(OC)OC)C(=O)O. The summed E-state index contributed by atoms with van der Waals surface area (Å²) in [7, 11) is 4.27. The van der Waals surface area contributed by atoms with Crippen LogP contribution in [0.5, 0.6) is 5.75 Å². The summed E-state index contributed by atoms with van der Waals surface area (Å²) in [6.45, 7) is 0.129. The van der Waals surface area contributed by atoms with Gasteiger partial charge in [-0.1, -0.05) is 0 Å². The molecule has 6 nitrogen and oxygen atoms in total. The smallest absolute Gasteiger partial charge is 0.325 e. The fourth-order valence-corrected chi connectivity index (χ4v) is 1.74. The second-order valence-electron chi connectivity index (χ2n) is 3.97. The molecule has 1 atom stereocenters. The fourth-order valence-electron chi connectivity index (χ4n) is 1.74. The Hall–Kier alpha value is -1.70. The summed E-state index contributed by atoms with van der Waals surface area (Å²) < 4.78 is 28.3. The lowest BCUT2D eigenvalue weighted by atomic mass is 10.1. The molecule has 0 amide bonds. The van der Waals surface area contributed by atoms with Gasteiger partial charge < -0.3 is 19.3 Å². The van der Waals surface area contributed by atoms with Crippen LogP contribution < -0.4 is 10.1 Å². The van der Waals surface area contributed by atoms with Crippen LogP contribution in [0.1, 0.15) is 11.6 Å². The molecule has 0 saturated heterocycles. The molecular formula is C13H18FNO5. The summed E-state index contributed by atoms with van der Waals surface area (Å²) in [4.78, 5) is 11.3. The third kappa shape index (κ3) is 4.16. The summed E-state index contributed by atoms with van der Waals surface area (Å²) in [6, 6.07) is 2.58. The van der Waals surface area contributed by atoms with E-state index in [0.717, 1.165) is 6.07 Å². The Morgan fingerprint density at radius 3 is 2.50 bits per heavy atom. The number of carbonyl (C=O) groups is 1. The lowest BCUT2D eigenvalue weighted by Crippen LogP contribution is -2.36. The van der Waals surface area contributed by atoms with Crippen molar-refractivity contribution in [2.75, 3.05) is 27.9 Å². The highest BCUT2D eigenvalue weighted by Gasteiger charge is 2.24. The van der Waals surface area contributed by atoms with E-state index in [4.69, 9.17) is 14.2 Å². The van der Waals surface area contributed by atoms with Crippen LogP contribution >= 0.6 is 0 Å². The molecule has 0 spiro atoms. The third-order valence-electron chi connectivity index (χ3n) is 2.76. The zero-order valence-corrected chi connectivity index (χ0v) is 11.6. The van der Waals surface area contributed by atoms with Crippen molar-refractivity contribution in [2.24, 2.45) is 0 Å². The molecule has 7 heteroatoms. The van der Waals surface area contributed by atoms with Crippen LogP contribution in [-0.2, 0) is 14.3 Å².